The molecule has 1 saturated heterocycles. The molecule has 0 aromatic heterocycles. The highest BCUT2D eigenvalue weighted by molar-refractivity contribution is 5.78. The molecule has 0 spiro atoms. The van der Waals surface area contributed by atoms with Crippen LogP contribution in [0.15, 0.2) is 0 Å². The van der Waals surface area contributed by atoms with Gasteiger partial charge in [-0.05, 0) is 63.7 Å². The molecule has 2 amide bonds. The van der Waals surface area contributed by atoms with Gasteiger partial charge in [0.05, 0.1) is 11.1 Å². The second kappa shape index (κ2) is 3.70. The van der Waals surface area contributed by atoms with Crippen molar-refractivity contribution in [1.82, 2.24) is 9.80 Å². The van der Waals surface area contributed by atoms with Crippen LogP contribution in [0, 0.1) is 17.8 Å². The number of carbonyl (C=O) groups excluding carboxylic acids is 1. The molecule has 4 heteroatoms. The van der Waals surface area contributed by atoms with Crippen LogP contribution in [0.5, 0.6) is 0 Å². The van der Waals surface area contributed by atoms with Crippen molar-refractivity contribution >= 4 is 6.03 Å². The predicted molar refractivity (Wildman–Crippen MR) is 76.2 cm³/mol. The van der Waals surface area contributed by atoms with Gasteiger partial charge in [0.1, 0.15) is 0 Å². The Kier molecular flexibility index (Phi) is 2.39. The van der Waals surface area contributed by atoms with E-state index < -0.39 is 5.60 Å². The number of rotatable bonds is 1. The summed E-state index contributed by atoms with van der Waals surface area (Å²) in [6.45, 7) is 5.13. The lowest BCUT2D eigenvalue weighted by Gasteiger charge is -2.59. The van der Waals surface area contributed by atoms with Crippen LogP contribution in [-0.2, 0) is 0 Å². The van der Waals surface area contributed by atoms with E-state index in [2.05, 4.69) is 18.7 Å². The van der Waals surface area contributed by atoms with Gasteiger partial charge in [-0.3, -0.25) is 0 Å². The van der Waals surface area contributed by atoms with E-state index in [1.807, 2.05) is 11.9 Å². The van der Waals surface area contributed by atoms with Gasteiger partial charge in [-0.15, -0.1) is 0 Å². The zero-order valence-corrected chi connectivity index (χ0v) is 12.8. The molecule has 20 heavy (non-hydrogen) atoms. The summed E-state index contributed by atoms with van der Waals surface area (Å²) in [7, 11) is 1.92. The van der Waals surface area contributed by atoms with Crippen LogP contribution in [0.25, 0.3) is 0 Å². The molecule has 4 aliphatic carbocycles. The van der Waals surface area contributed by atoms with Crippen molar-refractivity contribution in [3.8, 4) is 0 Å². The average Bonchev–Trinajstić information content (AvgIpc) is 2.51. The fraction of sp³-hybridized carbons (Fsp3) is 0.938. The van der Waals surface area contributed by atoms with Crippen molar-refractivity contribution in [3.05, 3.63) is 0 Å². The molecule has 0 aromatic carbocycles. The lowest BCUT2D eigenvalue weighted by atomic mass is 9.52. The monoisotopic (exact) mass is 278 g/mol. The molecule has 112 valence electrons. The molecule has 1 heterocycles. The highest BCUT2D eigenvalue weighted by Crippen LogP contribution is 2.57. The predicted octanol–water partition coefficient (Wildman–Crippen LogP) is 2.07. The van der Waals surface area contributed by atoms with Crippen LogP contribution in [0.1, 0.15) is 46.0 Å². The van der Waals surface area contributed by atoms with Crippen molar-refractivity contribution in [3.63, 3.8) is 0 Å². The topological polar surface area (TPSA) is 43.8 Å². The first-order valence-corrected chi connectivity index (χ1v) is 8.06. The molecule has 2 atom stereocenters. The summed E-state index contributed by atoms with van der Waals surface area (Å²) >= 11 is 0. The Labute approximate surface area is 121 Å². The number of urea groups is 1. The Morgan fingerprint density at radius 3 is 2.20 bits per heavy atom. The molecule has 5 aliphatic rings. The molecule has 4 nitrogen and oxygen atoms in total. The smallest absolute Gasteiger partial charge is 0.320 e. The van der Waals surface area contributed by atoms with Gasteiger partial charge in [0.2, 0.25) is 0 Å². The molecule has 2 unspecified atom stereocenters. The maximum absolute atomic E-state index is 12.6. The van der Waals surface area contributed by atoms with Gasteiger partial charge >= 0.3 is 6.03 Å². The molecule has 4 saturated carbocycles. The number of amides is 2. The van der Waals surface area contributed by atoms with Gasteiger partial charge in [0.25, 0.3) is 0 Å². The second-order valence-corrected chi connectivity index (χ2v) is 8.47. The Hall–Kier alpha value is -0.770. The third-order valence-electron chi connectivity index (χ3n) is 6.55. The molecular weight excluding hydrogens is 252 g/mol. The summed E-state index contributed by atoms with van der Waals surface area (Å²) in [5.41, 5.74) is -0.472. The van der Waals surface area contributed by atoms with Crippen LogP contribution in [0.4, 0.5) is 4.79 Å². The third-order valence-corrected chi connectivity index (χ3v) is 6.55. The maximum Gasteiger partial charge on any atom is 0.320 e. The van der Waals surface area contributed by atoms with E-state index in [9.17, 15) is 9.90 Å². The van der Waals surface area contributed by atoms with Crippen molar-refractivity contribution in [1.29, 1.82) is 0 Å². The Balaban J connectivity index is 1.63. The zero-order valence-electron chi connectivity index (χ0n) is 12.8. The van der Waals surface area contributed by atoms with Gasteiger partial charge in [-0.25, -0.2) is 4.79 Å². The Bertz CT molecular complexity index is 445. The van der Waals surface area contributed by atoms with Crippen molar-refractivity contribution in [2.45, 2.75) is 63.1 Å². The normalized spacial score (nSPS) is 49.3. The van der Waals surface area contributed by atoms with Gasteiger partial charge in [0.15, 0.2) is 0 Å². The van der Waals surface area contributed by atoms with Crippen molar-refractivity contribution < 1.29 is 9.90 Å². The quantitative estimate of drug-likeness (QED) is 0.798. The van der Waals surface area contributed by atoms with Crippen LogP contribution in [-0.4, -0.2) is 51.7 Å². The fourth-order valence-electron chi connectivity index (χ4n) is 5.74. The molecular formula is C16H26N2O2. The van der Waals surface area contributed by atoms with Crippen LogP contribution >= 0.6 is 0 Å². The fourth-order valence-corrected chi connectivity index (χ4v) is 5.74. The van der Waals surface area contributed by atoms with E-state index in [0.717, 1.165) is 25.8 Å². The summed E-state index contributed by atoms with van der Waals surface area (Å²) in [5.74, 6) is 1.76. The molecule has 5 rings (SSSR count). The van der Waals surface area contributed by atoms with Crippen molar-refractivity contribution in [2.24, 2.45) is 17.8 Å². The van der Waals surface area contributed by atoms with E-state index in [1.165, 1.54) is 12.8 Å². The SMILES string of the molecule is CN1C(=O)N(C2C3CC4CC2CC(O)(C4)C3)CC1(C)C. The lowest BCUT2D eigenvalue weighted by Crippen LogP contribution is -2.62. The number of aliphatic hydroxyl groups is 1. The van der Waals surface area contributed by atoms with E-state index >= 15 is 0 Å². The Morgan fingerprint density at radius 1 is 1.15 bits per heavy atom. The maximum atomic E-state index is 12.6. The Morgan fingerprint density at radius 2 is 1.75 bits per heavy atom. The van der Waals surface area contributed by atoms with Crippen LogP contribution in [0.2, 0.25) is 0 Å². The minimum Gasteiger partial charge on any atom is -0.390 e. The first kappa shape index (κ1) is 12.9. The lowest BCUT2D eigenvalue weighted by molar-refractivity contribution is -0.152. The van der Waals surface area contributed by atoms with E-state index in [0.29, 0.717) is 23.8 Å². The number of nitrogens with zero attached hydrogens (tertiary/aromatic N) is 2. The molecule has 5 fully saturated rings. The minimum absolute atomic E-state index is 0.0668. The standard InChI is InChI=1S/C16H26N2O2/c1-15(2)9-18(14(19)17(15)3)13-11-4-10-5-12(13)8-16(20,6-10)7-11/h10-13,20H,4-9H2,1-3H3. The first-order valence-electron chi connectivity index (χ1n) is 8.06. The van der Waals surface area contributed by atoms with Crippen molar-refractivity contribution in [2.75, 3.05) is 13.6 Å². The minimum atomic E-state index is -0.406. The summed E-state index contributed by atoms with van der Waals surface area (Å²) in [5, 5.41) is 10.7. The molecule has 1 aliphatic heterocycles. The van der Waals surface area contributed by atoms with Gasteiger partial charge in [0, 0.05) is 19.6 Å². The first-order chi connectivity index (χ1) is 9.29. The average molecular weight is 278 g/mol. The zero-order chi connectivity index (χ0) is 14.3. The van der Waals surface area contributed by atoms with Crippen LogP contribution < -0.4 is 0 Å². The largest absolute Gasteiger partial charge is 0.390 e. The summed E-state index contributed by atoms with van der Waals surface area (Å²) in [6, 6.07) is 0.572. The highest BCUT2D eigenvalue weighted by atomic mass is 16.3. The van der Waals surface area contributed by atoms with Crippen LogP contribution in [0.3, 0.4) is 0 Å². The van der Waals surface area contributed by atoms with E-state index in [1.54, 1.807) is 0 Å². The van der Waals surface area contributed by atoms with Gasteiger partial charge < -0.3 is 14.9 Å². The highest BCUT2D eigenvalue weighted by Gasteiger charge is 2.58. The molecule has 4 bridgehead atoms. The molecule has 0 radical (unpaired) electrons. The van der Waals surface area contributed by atoms with E-state index in [-0.39, 0.29) is 11.6 Å². The molecule has 1 N–H and O–H groups in total. The second-order valence-electron chi connectivity index (χ2n) is 8.47. The number of carbonyl (C=O) groups is 1. The summed E-state index contributed by atoms with van der Waals surface area (Å²) in [4.78, 5) is 16.6. The number of hydrogen-bond donors (Lipinski definition) is 1. The summed E-state index contributed by atoms with van der Waals surface area (Å²) in [6.07, 6.45) is 5.28. The van der Waals surface area contributed by atoms with E-state index in [4.69, 9.17) is 0 Å². The van der Waals surface area contributed by atoms with Gasteiger partial charge in [-0.2, -0.15) is 0 Å². The third kappa shape index (κ3) is 1.60. The van der Waals surface area contributed by atoms with Gasteiger partial charge in [-0.1, -0.05) is 0 Å². The number of hydrogen-bond acceptors (Lipinski definition) is 2. The molecule has 0 aromatic rings. The number of likely N-dealkylation sites (N-methyl/N-ethyl adjacent to an activating group) is 1. The summed E-state index contributed by atoms with van der Waals surface area (Å²) < 4.78 is 0.